The van der Waals surface area contributed by atoms with Gasteiger partial charge in [0.15, 0.2) is 5.96 Å². The minimum Gasteiger partial charge on any atom is -0.474 e. The van der Waals surface area contributed by atoms with E-state index in [1.165, 1.54) is 19.3 Å². The van der Waals surface area contributed by atoms with E-state index >= 15 is 0 Å². The van der Waals surface area contributed by atoms with Gasteiger partial charge in [0.2, 0.25) is 5.88 Å². The second kappa shape index (κ2) is 15.6. The van der Waals surface area contributed by atoms with Crippen molar-refractivity contribution in [3.63, 3.8) is 0 Å². The molecule has 31 heavy (non-hydrogen) atoms. The van der Waals surface area contributed by atoms with Gasteiger partial charge in [0.05, 0.1) is 19.8 Å². The number of guanidine groups is 1. The van der Waals surface area contributed by atoms with Crippen LogP contribution >= 0.6 is 24.0 Å². The van der Waals surface area contributed by atoms with Crippen LogP contribution in [0.25, 0.3) is 0 Å². The lowest BCUT2D eigenvalue weighted by Crippen LogP contribution is -2.38. The van der Waals surface area contributed by atoms with Crippen molar-refractivity contribution in [1.29, 1.82) is 0 Å². The quantitative estimate of drug-likeness (QED) is 0.190. The fourth-order valence-corrected chi connectivity index (χ4v) is 3.79. The van der Waals surface area contributed by atoms with Gasteiger partial charge in [-0.2, -0.15) is 0 Å². The summed E-state index contributed by atoms with van der Waals surface area (Å²) in [6.45, 7) is 7.61. The van der Waals surface area contributed by atoms with E-state index in [9.17, 15) is 0 Å². The first-order valence-electron chi connectivity index (χ1n) is 11.6. The van der Waals surface area contributed by atoms with E-state index in [4.69, 9.17) is 14.2 Å². The molecule has 1 aromatic heterocycles. The molecular formula is C23H39IN4O3. The third-order valence-electron chi connectivity index (χ3n) is 5.54. The first-order chi connectivity index (χ1) is 14.8. The predicted molar refractivity (Wildman–Crippen MR) is 134 cm³/mol. The van der Waals surface area contributed by atoms with E-state index < -0.39 is 0 Å². The molecular weight excluding hydrogens is 507 g/mol. The minimum atomic E-state index is 0. The van der Waals surface area contributed by atoms with Crippen molar-refractivity contribution in [2.75, 3.05) is 39.5 Å². The van der Waals surface area contributed by atoms with E-state index in [0.717, 1.165) is 82.6 Å². The highest BCUT2D eigenvalue weighted by Crippen LogP contribution is 2.22. The van der Waals surface area contributed by atoms with Gasteiger partial charge < -0.3 is 24.8 Å². The second-order valence-electron chi connectivity index (χ2n) is 8.16. The standard InChI is InChI=1S/C23H38N4O3.HI/c1-2-24-23(25-12-6-13-28-17-20-11-14-29-18-20)27-16-19-9-10-22(26-15-19)30-21-7-4-3-5-8-21;/h9-10,15,20-21H,2-8,11-14,16-18H2,1H3,(H2,24,25,27);1H. The third kappa shape index (κ3) is 10.4. The monoisotopic (exact) mass is 546 g/mol. The molecule has 1 aromatic rings. The molecule has 1 atom stereocenters. The molecule has 2 aliphatic rings. The predicted octanol–water partition coefficient (Wildman–Crippen LogP) is 3.91. The number of pyridine rings is 1. The van der Waals surface area contributed by atoms with Crippen LogP contribution in [0, 0.1) is 5.92 Å². The topological polar surface area (TPSA) is 77.0 Å². The maximum absolute atomic E-state index is 6.00. The van der Waals surface area contributed by atoms with Gasteiger partial charge in [0.1, 0.15) is 6.10 Å². The molecule has 1 saturated carbocycles. The zero-order chi connectivity index (χ0) is 20.9. The summed E-state index contributed by atoms with van der Waals surface area (Å²) in [4.78, 5) is 9.13. The molecule has 0 spiro atoms. The van der Waals surface area contributed by atoms with Crippen molar-refractivity contribution in [3.05, 3.63) is 23.9 Å². The number of ether oxygens (including phenoxy) is 3. The Labute approximate surface area is 204 Å². The number of hydrogen-bond acceptors (Lipinski definition) is 5. The molecule has 2 heterocycles. The van der Waals surface area contributed by atoms with Crippen molar-refractivity contribution in [1.82, 2.24) is 15.6 Å². The molecule has 0 bridgehead atoms. The smallest absolute Gasteiger partial charge is 0.213 e. The summed E-state index contributed by atoms with van der Waals surface area (Å²) in [5.74, 6) is 2.12. The van der Waals surface area contributed by atoms with Gasteiger partial charge >= 0.3 is 0 Å². The Balaban J connectivity index is 0.00000341. The normalized spacial score (nSPS) is 19.6. The van der Waals surface area contributed by atoms with E-state index in [-0.39, 0.29) is 24.0 Å². The van der Waals surface area contributed by atoms with Crippen LogP contribution in [0.3, 0.4) is 0 Å². The van der Waals surface area contributed by atoms with Crippen molar-refractivity contribution in [2.45, 2.75) is 64.5 Å². The highest BCUT2D eigenvalue weighted by atomic mass is 127. The highest BCUT2D eigenvalue weighted by molar-refractivity contribution is 14.0. The maximum Gasteiger partial charge on any atom is 0.213 e. The third-order valence-corrected chi connectivity index (χ3v) is 5.54. The van der Waals surface area contributed by atoms with Gasteiger partial charge in [0, 0.05) is 44.5 Å². The van der Waals surface area contributed by atoms with Gasteiger partial charge in [0.25, 0.3) is 0 Å². The second-order valence-corrected chi connectivity index (χ2v) is 8.16. The molecule has 7 nitrogen and oxygen atoms in total. The molecule has 0 aromatic carbocycles. The zero-order valence-corrected chi connectivity index (χ0v) is 21.1. The minimum absolute atomic E-state index is 0. The van der Waals surface area contributed by atoms with E-state index in [0.29, 0.717) is 18.6 Å². The summed E-state index contributed by atoms with van der Waals surface area (Å²) in [6.07, 6.45) is 10.4. The van der Waals surface area contributed by atoms with Crippen LogP contribution in [-0.2, 0) is 16.0 Å². The number of nitrogens with one attached hydrogen (secondary N) is 2. The molecule has 1 saturated heterocycles. The van der Waals surface area contributed by atoms with E-state index in [2.05, 4.69) is 33.6 Å². The molecule has 0 radical (unpaired) electrons. The molecule has 176 valence electrons. The Bertz CT molecular complexity index is 618. The summed E-state index contributed by atoms with van der Waals surface area (Å²) in [5.41, 5.74) is 1.07. The van der Waals surface area contributed by atoms with Gasteiger partial charge in [-0.1, -0.05) is 12.5 Å². The summed E-state index contributed by atoms with van der Waals surface area (Å²) >= 11 is 0. The van der Waals surface area contributed by atoms with Gasteiger partial charge in [-0.3, -0.25) is 0 Å². The molecule has 3 rings (SSSR count). The molecule has 1 aliphatic heterocycles. The van der Waals surface area contributed by atoms with Crippen LogP contribution in [0.2, 0.25) is 0 Å². The Hall–Kier alpha value is -1.13. The Morgan fingerprint density at radius 3 is 2.77 bits per heavy atom. The molecule has 8 heteroatoms. The maximum atomic E-state index is 6.00. The van der Waals surface area contributed by atoms with Crippen LogP contribution in [0.5, 0.6) is 5.88 Å². The Morgan fingerprint density at radius 2 is 2.06 bits per heavy atom. The molecule has 1 unspecified atom stereocenters. The SMILES string of the molecule is CCNC(=NCc1ccc(OC2CCCCC2)nc1)NCCCOCC1CCOC1.I. The van der Waals surface area contributed by atoms with Crippen LogP contribution < -0.4 is 15.4 Å². The van der Waals surface area contributed by atoms with Crippen molar-refractivity contribution in [3.8, 4) is 5.88 Å². The molecule has 0 amide bonds. The summed E-state index contributed by atoms with van der Waals surface area (Å²) < 4.78 is 17.1. The first-order valence-corrected chi connectivity index (χ1v) is 11.6. The Morgan fingerprint density at radius 1 is 1.19 bits per heavy atom. The number of nitrogens with zero attached hydrogens (tertiary/aromatic N) is 2. The van der Waals surface area contributed by atoms with E-state index in [1.54, 1.807) is 0 Å². The first kappa shape index (κ1) is 26.1. The van der Waals surface area contributed by atoms with Crippen molar-refractivity contribution in [2.24, 2.45) is 10.9 Å². The van der Waals surface area contributed by atoms with Gasteiger partial charge in [-0.15, -0.1) is 24.0 Å². The van der Waals surface area contributed by atoms with Crippen LogP contribution in [0.1, 0.15) is 57.4 Å². The number of halogens is 1. The Kier molecular flexibility index (Phi) is 13.2. The zero-order valence-electron chi connectivity index (χ0n) is 18.8. The lowest BCUT2D eigenvalue weighted by Gasteiger charge is -2.22. The fourth-order valence-electron chi connectivity index (χ4n) is 3.79. The van der Waals surface area contributed by atoms with Crippen LogP contribution in [-0.4, -0.2) is 56.6 Å². The van der Waals surface area contributed by atoms with Gasteiger partial charge in [-0.25, -0.2) is 9.98 Å². The van der Waals surface area contributed by atoms with E-state index in [1.807, 2.05) is 12.3 Å². The average Bonchev–Trinajstić information content (AvgIpc) is 3.30. The molecule has 2 fully saturated rings. The molecule has 2 N–H and O–H groups in total. The van der Waals surface area contributed by atoms with Crippen LogP contribution in [0.15, 0.2) is 23.3 Å². The van der Waals surface area contributed by atoms with Crippen LogP contribution in [0.4, 0.5) is 0 Å². The summed E-state index contributed by atoms with van der Waals surface area (Å²) in [6, 6.07) is 4.02. The van der Waals surface area contributed by atoms with Gasteiger partial charge in [-0.05, 0) is 51.0 Å². The number of hydrogen-bond donors (Lipinski definition) is 2. The summed E-state index contributed by atoms with van der Waals surface area (Å²) in [5, 5.41) is 6.66. The lowest BCUT2D eigenvalue weighted by atomic mass is 9.98. The largest absolute Gasteiger partial charge is 0.474 e. The lowest BCUT2D eigenvalue weighted by molar-refractivity contribution is 0.0888. The average molecular weight is 546 g/mol. The highest BCUT2D eigenvalue weighted by Gasteiger charge is 2.16. The number of aliphatic imine (C=N–C) groups is 1. The summed E-state index contributed by atoms with van der Waals surface area (Å²) in [7, 11) is 0. The fraction of sp³-hybridized carbons (Fsp3) is 0.739. The van der Waals surface area contributed by atoms with Crippen molar-refractivity contribution >= 4 is 29.9 Å². The number of aromatic nitrogens is 1. The van der Waals surface area contributed by atoms with Crippen molar-refractivity contribution < 1.29 is 14.2 Å². The number of rotatable bonds is 11. The molecule has 1 aliphatic carbocycles.